The van der Waals surface area contributed by atoms with E-state index in [1.165, 1.54) is 24.3 Å². The first-order chi connectivity index (χ1) is 10.1. The summed E-state index contributed by atoms with van der Waals surface area (Å²) in [6, 6.07) is 5.75. The second-order valence-electron chi connectivity index (χ2n) is 4.75. The molecule has 2 N–H and O–H groups in total. The largest absolute Gasteiger partial charge is 0.427 e. The Morgan fingerprint density at radius 2 is 2.00 bits per heavy atom. The number of fused-ring (bicyclic) bond motifs is 1. The monoisotopic (exact) mass is 288 g/mol. The van der Waals surface area contributed by atoms with Crippen LogP contribution in [0, 0.1) is 10.1 Å². The molecule has 108 valence electrons. The van der Waals surface area contributed by atoms with E-state index < -0.39 is 4.92 Å². The van der Waals surface area contributed by atoms with Crippen molar-refractivity contribution in [1.29, 1.82) is 0 Å². The van der Waals surface area contributed by atoms with Gasteiger partial charge >= 0.3 is 0 Å². The van der Waals surface area contributed by atoms with Crippen molar-refractivity contribution in [2.45, 2.75) is 19.3 Å². The van der Waals surface area contributed by atoms with E-state index in [2.05, 4.69) is 10.1 Å². The molecule has 1 aromatic carbocycles. The number of aromatic nitrogens is 2. The first-order valence-corrected chi connectivity index (χ1v) is 6.39. The van der Waals surface area contributed by atoms with Crippen LogP contribution in [0.2, 0.25) is 0 Å². The Hall–Kier alpha value is -2.90. The number of hydrogen-bond donors (Lipinski definition) is 2. The normalized spacial score (nSPS) is 15.9. The second kappa shape index (κ2) is 4.89. The summed E-state index contributed by atoms with van der Waals surface area (Å²) in [7, 11) is 0. The topological polar surface area (TPSA) is 114 Å². The molecule has 3 rings (SSSR count). The molecular formula is C13H12N4O4. The van der Waals surface area contributed by atoms with Gasteiger partial charge in [0.05, 0.1) is 10.6 Å². The summed E-state index contributed by atoms with van der Waals surface area (Å²) < 4.78 is 0.959. The van der Waals surface area contributed by atoms with Crippen molar-refractivity contribution in [3.8, 4) is 11.4 Å². The van der Waals surface area contributed by atoms with E-state index in [-0.39, 0.29) is 11.5 Å². The van der Waals surface area contributed by atoms with Crippen molar-refractivity contribution >= 4 is 11.4 Å². The Morgan fingerprint density at radius 3 is 2.62 bits per heavy atom. The fourth-order valence-corrected chi connectivity index (χ4v) is 2.46. The van der Waals surface area contributed by atoms with Gasteiger partial charge in [0.15, 0.2) is 5.82 Å². The van der Waals surface area contributed by atoms with Crippen molar-refractivity contribution in [3.63, 3.8) is 0 Å². The van der Waals surface area contributed by atoms with Gasteiger partial charge in [0.1, 0.15) is 11.4 Å². The van der Waals surface area contributed by atoms with Gasteiger partial charge in [0.25, 0.3) is 5.69 Å². The number of nitrogens with zero attached hydrogens (tertiary/aromatic N) is 4. The zero-order chi connectivity index (χ0) is 15.0. The Bertz CT molecular complexity index is 733. The van der Waals surface area contributed by atoms with Crippen molar-refractivity contribution in [1.82, 2.24) is 9.71 Å². The Balaban J connectivity index is 2.07. The molecule has 1 aliphatic rings. The van der Waals surface area contributed by atoms with E-state index in [4.69, 9.17) is 5.21 Å². The molecule has 8 heteroatoms. The third-order valence-corrected chi connectivity index (χ3v) is 3.50. The molecule has 0 fully saturated rings. The first-order valence-electron chi connectivity index (χ1n) is 6.39. The van der Waals surface area contributed by atoms with Gasteiger partial charge in [-0.1, -0.05) is 5.16 Å². The van der Waals surface area contributed by atoms with Gasteiger partial charge < -0.3 is 10.4 Å². The molecule has 0 radical (unpaired) electrons. The van der Waals surface area contributed by atoms with E-state index in [0.717, 1.165) is 11.2 Å². The third kappa shape index (κ3) is 2.10. The van der Waals surface area contributed by atoms with Crippen LogP contribution in [0.1, 0.15) is 24.2 Å². The van der Waals surface area contributed by atoms with Crippen LogP contribution in [0.25, 0.3) is 11.4 Å². The van der Waals surface area contributed by atoms with Gasteiger partial charge in [-0.15, -0.1) is 0 Å². The number of benzene rings is 1. The molecule has 1 aromatic heterocycles. The predicted molar refractivity (Wildman–Crippen MR) is 72.8 cm³/mol. The molecule has 1 heterocycles. The number of hydrogen-bond acceptors (Lipinski definition) is 6. The van der Waals surface area contributed by atoms with E-state index in [1.54, 1.807) is 0 Å². The Kier molecular flexibility index (Phi) is 3.05. The highest BCUT2D eigenvalue weighted by atomic mass is 16.6. The molecule has 21 heavy (non-hydrogen) atoms. The van der Waals surface area contributed by atoms with Gasteiger partial charge in [0.2, 0.25) is 0 Å². The van der Waals surface area contributed by atoms with Crippen molar-refractivity contribution in [2.24, 2.45) is 5.16 Å². The standard InChI is InChI=1S/C13H12N4O4/c18-15-10-2-1-3-11-12(10)14-13(16(11)19)8-4-6-9(7-5-8)17(20)21/h4-7,18-19H,1-3H2/b15-10-. The highest BCUT2D eigenvalue weighted by Gasteiger charge is 2.25. The maximum Gasteiger partial charge on any atom is 0.269 e. The van der Waals surface area contributed by atoms with Gasteiger partial charge in [-0.05, 0) is 31.4 Å². The summed E-state index contributed by atoms with van der Waals surface area (Å²) in [5.74, 6) is 0.276. The number of non-ortho nitro benzene ring substituents is 1. The number of nitro groups is 1. The van der Waals surface area contributed by atoms with E-state index in [9.17, 15) is 15.3 Å². The van der Waals surface area contributed by atoms with Crippen LogP contribution in [-0.4, -0.2) is 30.8 Å². The van der Waals surface area contributed by atoms with Crippen LogP contribution in [0.5, 0.6) is 0 Å². The van der Waals surface area contributed by atoms with Gasteiger partial charge in [-0.25, -0.2) is 4.98 Å². The van der Waals surface area contributed by atoms with Crippen LogP contribution in [-0.2, 0) is 6.42 Å². The first kappa shape index (κ1) is 13.1. The molecular weight excluding hydrogens is 276 g/mol. The summed E-state index contributed by atoms with van der Waals surface area (Å²) in [6.07, 6.45) is 1.99. The van der Waals surface area contributed by atoms with E-state index >= 15 is 0 Å². The molecule has 2 aromatic rings. The molecule has 0 aliphatic heterocycles. The lowest BCUT2D eigenvalue weighted by Crippen LogP contribution is -2.13. The zero-order valence-electron chi connectivity index (χ0n) is 10.9. The summed E-state index contributed by atoms with van der Waals surface area (Å²) in [5.41, 5.74) is 2.01. The van der Waals surface area contributed by atoms with E-state index in [1.807, 2.05) is 0 Å². The molecule has 0 saturated carbocycles. The zero-order valence-corrected chi connectivity index (χ0v) is 10.9. The van der Waals surface area contributed by atoms with Crippen molar-refractivity contribution < 1.29 is 15.3 Å². The average molecular weight is 288 g/mol. The summed E-state index contributed by atoms with van der Waals surface area (Å²) >= 11 is 0. The minimum absolute atomic E-state index is 0.0304. The van der Waals surface area contributed by atoms with Crippen LogP contribution < -0.4 is 0 Å². The van der Waals surface area contributed by atoms with Crippen molar-refractivity contribution in [3.05, 3.63) is 45.8 Å². The molecule has 0 saturated heterocycles. The summed E-state index contributed by atoms with van der Waals surface area (Å²) in [6.45, 7) is 0. The SMILES string of the molecule is O=[N+]([O-])c1ccc(-c2nc3c(n2O)CCC/C3=N/O)cc1. The van der Waals surface area contributed by atoms with E-state index in [0.29, 0.717) is 35.5 Å². The highest BCUT2D eigenvalue weighted by molar-refractivity contribution is 6.00. The summed E-state index contributed by atoms with van der Waals surface area (Å²) in [5, 5.41) is 33.1. The lowest BCUT2D eigenvalue weighted by molar-refractivity contribution is -0.384. The second-order valence-corrected chi connectivity index (χ2v) is 4.75. The molecule has 8 nitrogen and oxygen atoms in total. The van der Waals surface area contributed by atoms with Crippen molar-refractivity contribution in [2.75, 3.05) is 0 Å². The summed E-state index contributed by atoms with van der Waals surface area (Å²) in [4.78, 5) is 14.5. The molecule has 1 aliphatic carbocycles. The molecule has 0 amide bonds. The van der Waals surface area contributed by atoms with Gasteiger partial charge in [-0.2, -0.15) is 4.73 Å². The molecule has 0 unspecified atom stereocenters. The maximum atomic E-state index is 10.6. The number of imidazole rings is 1. The number of oxime groups is 1. The minimum Gasteiger partial charge on any atom is -0.427 e. The lowest BCUT2D eigenvalue weighted by atomic mass is 9.99. The molecule has 0 spiro atoms. The Morgan fingerprint density at radius 1 is 1.29 bits per heavy atom. The molecule has 0 atom stereocenters. The maximum absolute atomic E-state index is 10.6. The van der Waals surface area contributed by atoms with Gasteiger partial charge in [0, 0.05) is 17.7 Å². The quantitative estimate of drug-likeness (QED) is 0.380. The predicted octanol–water partition coefficient (Wildman–Crippen LogP) is 2.21. The number of nitro benzene ring substituents is 1. The fourth-order valence-electron chi connectivity index (χ4n) is 2.46. The van der Waals surface area contributed by atoms with Crippen LogP contribution in [0.3, 0.4) is 0 Å². The molecule has 0 bridgehead atoms. The Labute approximate surface area is 119 Å². The fraction of sp³-hybridized carbons (Fsp3) is 0.231. The smallest absolute Gasteiger partial charge is 0.269 e. The highest BCUT2D eigenvalue weighted by Crippen LogP contribution is 2.28. The lowest BCUT2D eigenvalue weighted by Gasteiger charge is -2.11. The van der Waals surface area contributed by atoms with Crippen LogP contribution >= 0.6 is 0 Å². The van der Waals surface area contributed by atoms with Crippen LogP contribution in [0.15, 0.2) is 29.4 Å². The number of rotatable bonds is 2. The third-order valence-electron chi connectivity index (χ3n) is 3.50. The van der Waals surface area contributed by atoms with Gasteiger partial charge in [-0.3, -0.25) is 10.1 Å². The van der Waals surface area contributed by atoms with Crippen LogP contribution in [0.4, 0.5) is 5.69 Å². The average Bonchev–Trinajstić information content (AvgIpc) is 2.85. The minimum atomic E-state index is -0.489.